The Labute approximate surface area is 174 Å². The minimum atomic E-state index is -0.0548. The number of aromatic nitrogens is 2. The number of fused-ring (bicyclic) bond motifs is 3. The molecule has 152 valence electrons. The molecule has 1 saturated heterocycles. The predicted octanol–water partition coefficient (Wildman–Crippen LogP) is 2.66. The van der Waals surface area contributed by atoms with E-state index in [2.05, 4.69) is 11.4 Å². The molecule has 3 heterocycles. The Hall–Kier alpha value is -3.38. The van der Waals surface area contributed by atoms with Gasteiger partial charge in [0.1, 0.15) is 5.52 Å². The van der Waals surface area contributed by atoms with Gasteiger partial charge in [0.25, 0.3) is 11.5 Å². The Kier molecular flexibility index (Phi) is 4.64. The maximum Gasteiger partial charge on any atom is 0.275 e. The Morgan fingerprint density at radius 1 is 0.967 bits per heavy atom. The first-order valence-corrected chi connectivity index (χ1v) is 10.3. The third-order valence-electron chi connectivity index (χ3n) is 5.81. The van der Waals surface area contributed by atoms with Gasteiger partial charge in [0, 0.05) is 37.9 Å². The summed E-state index contributed by atoms with van der Waals surface area (Å²) in [6, 6.07) is 17.6. The van der Waals surface area contributed by atoms with Crippen molar-refractivity contribution < 1.29 is 4.79 Å². The van der Waals surface area contributed by atoms with Crippen molar-refractivity contribution in [2.75, 3.05) is 26.2 Å². The summed E-state index contributed by atoms with van der Waals surface area (Å²) in [7, 11) is 0. The van der Waals surface area contributed by atoms with E-state index >= 15 is 0 Å². The topological polar surface area (TPSA) is 58.8 Å². The molecule has 2 aromatic heterocycles. The molecule has 0 atom stereocenters. The molecule has 1 aliphatic rings. The van der Waals surface area contributed by atoms with Crippen LogP contribution in [0.3, 0.4) is 0 Å². The lowest BCUT2D eigenvalue weighted by atomic mass is 10.1. The first kappa shape index (κ1) is 18.6. The van der Waals surface area contributed by atoms with Gasteiger partial charge in [-0.1, -0.05) is 29.8 Å². The molecule has 0 radical (unpaired) electrons. The lowest BCUT2D eigenvalue weighted by Crippen LogP contribution is -2.46. The minimum absolute atomic E-state index is 0.0144. The van der Waals surface area contributed by atoms with Crippen LogP contribution >= 0.6 is 0 Å². The smallest absolute Gasteiger partial charge is 0.275 e. The summed E-state index contributed by atoms with van der Waals surface area (Å²) >= 11 is 0. The van der Waals surface area contributed by atoms with Gasteiger partial charge in [-0.15, -0.1) is 0 Å². The monoisotopic (exact) mass is 400 g/mol. The van der Waals surface area contributed by atoms with Gasteiger partial charge in [-0.3, -0.25) is 9.59 Å². The van der Waals surface area contributed by atoms with Crippen LogP contribution in [-0.4, -0.2) is 46.0 Å². The minimum Gasteiger partial charge on any atom is -0.336 e. The summed E-state index contributed by atoms with van der Waals surface area (Å²) < 4.78 is 3.69. The van der Waals surface area contributed by atoms with E-state index in [1.165, 1.54) is 0 Å². The molecule has 30 heavy (non-hydrogen) atoms. The average Bonchev–Trinajstić information content (AvgIpc) is 3.27. The Morgan fingerprint density at radius 2 is 1.80 bits per heavy atom. The zero-order valence-corrected chi connectivity index (χ0v) is 17.0. The first-order valence-electron chi connectivity index (χ1n) is 10.3. The number of carbonyl (C=O) groups is 1. The quantitative estimate of drug-likeness (QED) is 0.575. The van der Waals surface area contributed by atoms with E-state index in [-0.39, 0.29) is 11.5 Å². The zero-order chi connectivity index (χ0) is 20.7. The fourth-order valence-electron chi connectivity index (χ4n) is 4.29. The third kappa shape index (κ3) is 3.19. The van der Waals surface area contributed by atoms with Gasteiger partial charge < -0.3 is 19.2 Å². The standard InChI is InChI=1S/C24H24N4O2/c1-17-4-2-5-18(14-17)16-28-22-15-19(23(29)26-12-9-25-10-13-26)7-8-20(22)27-11-3-6-21(27)24(28)30/h2-8,11,14-15,25H,9-10,12-13,16H2,1H3. The molecule has 6 nitrogen and oxygen atoms in total. The highest BCUT2D eigenvalue weighted by molar-refractivity contribution is 5.97. The van der Waals surface area contributed by atoms with E-state index < -0.39 is 0 Å². The lowest BCUT2D eigenvalue weighted by molar-refractivity contribution is 0.0736. The second-order valence-corrected chi connectivity index (χ2v) is 7.89. The summed E-state index contributed by atoms with van der Waals surface area (Å²) in [5.41, 5.74) is 5.10. The molecule has 2 aromatic carbocycles. The molecular formula is C24H24N4O2. The van der Waals surface area contributed by atoms with Crippen LogP contribution in [0.25, 0.3) is 16.6 Å². The fraction of sp³-hybridized carbons (Fsp3) is 0.250. The van der Waals surface area contributed by atoms with Crippen molar-refractivity contribution in [3.8, 4) is 0 Å². The number of amides is 1. The maximum absolute atomic E-state index is 13.3. The van der Waals surface area contributed by atoms with Crippen LogP contribution in [0.15, 0.2) is 65.6 Å². The fourth-order valence-corrected chi connectivity index (χ4v) is 4.29. The number of hydrogen-bond donors (Lipinski definition) is 1. The van der Waals surface area contributed by atoms with Gasteiger partial charge >= 0.3 is 0 Å². The Bertz CT molecular complexity index is 1310. The summed E-state index contributed by atoms with van der Waals surface area (Å²) in [6.07, 6.45) is 1.90. The van der Waals surface area contributed by atoms with E-state index in [1.807, 2.05) is 71.0 Å². The summed E-state index contributed by atoms with van der Waals surface area (Å²) in [5, 5.41) is 3.27. The number of hydrogen-bond acceptors (Lipinski definition) is 3. The molecule has 0 unspecified atom stereocenters. The largest absolute Gasteiger partial charge is 0.336 e. The van der Waals surface area contributed by atoms with Crippen LogP contribution in [0.1, 0.15) is 21.5 Å². The lowest BCUT2D eigenvalue weighted by Gasteiger charge is -2.27. The number of nitrogens with zero attached hydrogens (tertiary/aromatic N) is 3. The highest BCUT2D eigenvalue weighted by Crippen LogP contribution is 2.20. The van der Waals surface area contributed by atoms with Crippen LogP contribution in [0.4, 0.5) is 0 Å². The van der Waals surface area contributed by atoms with Gasteiger partial charge in [0.05, 0.1) is 17.6 Å². The van der Waals surface area contributed by atoms with Gasteiger partial charge in [-0.2, -0.15) is 0 Å². The normalized spacial score (nSPS) is 14.5. The molecular weight excluding hydrogens is 376 g/mol. The van der Waals surface area contributed by atoms with Crippen molar-refractivity contribution in [2.24, 2.45) is 0 Å². The van der Waals surface area contributed by atoms with Crippen molar-refractivity contribution in [2.45, 2.75) is 13.5 Å². The molecule has 1 amide bonds. The molecule has 5 rings (SSSR count). The third-order valence-corrected chi connectivity index (χ3v) is 5.81. The second kappa shape index (κ2) is 7.46. The highest BCUT2D eigenvalue weighted by atomic mass is 16.2. The average molecular weight is 400 g/mol. The molecule has 4 aromatic rings. The number of benzene rings is 2. The maximum atomic E-state index is 13.3. The van der Waals surface area contributed by atoms with Gasteiger partial charge in [0.15, 0.2) is 0 Å². The molecule has 0 aliphatic carbocycles. The summed E-state index contributed by atoms with van der Waals surface area (Å²) in [5.74, 6) is 0.0144. The predicted molar refractivity (Wildman–Crippen MR) is 118 cm³/mol. The number of rotatable bonds is 3. The number of piperazine rings is 1. The molecule has 0 saturated carbocycles. The van der Waals surface area contributed by atoms with Crippen LogP contribution < -0.4 is 10.9 Å². The van der Waals surface area contributed by atoms with E-state index in [1.54, 1.807) is 4.57 Å². The Morgan fingerprint density at radius 3 is 2.60 bits per heavy atom. The van der Waals surface area contributed by atoms with Gasteiger partial charge in [0.2, 0.25) is 0 Å². The SMILES string of the molecule is Cc1cccc(Cn2c(=O)c3cccn3c3ccc(C(=O)N4CCNCC4)cc32)c1. The van der Waals surface area contributed by atoms with E-state index in [9.17, 15) is 9.59 Å². The highest BCUT2D eigenvalue weighted by Gasteiger charge is 2.20. The molecule has 0 spiro atoms. The number of nitrogens with one attached hydrogen (secondary N) is 1. The van der Waals surface area contributed by atoms with Crippen molar-refractivity contribution in [3.63, 3.8) is 0 Å². The number of carbonyl (C=O) groups excluding carboxylic acids is 1. The Balaban J connectivity index is 1.68. The summed E-state index contributed by atoms with van der Waals surface area (Å²) in [4.78, 5) is 28.2. The molecule has 1 N–H and O–H groups in total. The molecule has 0 bridgehead atoms. The second-order valence-electron chi connectivity index (χ2n) is 7.89. The zero-order valence-electron chi connectivity index (χ0n) is 17.0. The van der Waals surface area contributed by atoms with Crippen LogP contribution in [0.5, 0.6) is 0 Å². The van der Waals surface area contributed by atoms with Crippen molar-refractivity contribution in [3.05, 3.63) is 87.8 Å². The van der Waals surface area contributed by atoms with Crippen LogP contribution in [0.2, 0.25) is 0 Å². The van der Waals surface area contributed by atoms with Crippen molar-refractivity contribution >= 4 is 22.5 Å². The van der Waals surface area contributed by atoms with Crippen molar-refractivity contribution in [1.82, 2.24) is 19.2 Å². The summed E-state index contributed by atoms with van der Waals surface area (Å²) in [6.45, 7) is 5.52. The van der Waals surface area contributed by atoms with Crippen molar-refractivity contribution in [1.29, 1.82) is 0 Å². The van der Waals surface area contributed by atoms with Crippen LogP contribution in [0, 0.1) is 6.92 Å². The van der Waals surface area contributed by atoms with E-state index in [4.69, 9.17) is 0 Å². The molecule has 1 fully saturated rings. The van der Waals surface area contributed by atoms with Gasteiger partial charge in [-0.25, -0.2) is 0 Å². The first-order chi connectivity index (χ1) is 14.6. The molecule has 1 aliphatic heterocycles. The molecule has 6 heteroatoms. The van der Waals surface area contributed by atoms with E-state index in [0.717, 1.165) is 35.2 Å². The van der Waals surface area contributed by atoms with Crippen LogP contribution in [-0.2, 0) is 6.54 Å². The number of aryl methyl sites for hydroxylation is 1. The van der Waals surface area contributed by atoms with Gasteiger partial charge in [-0.05, 0) is 42.8 Å². The van der Waals surface area contributed by atoms with E-state index in [0.29, 0.717) is 30.7 Å².